The number of nitrogens with zero attached hydrogens (tertiary/aromatic N) is 2. The van der Waals surface area contributed by atoms with Crippen molar-refractivity contribution in [1.29, 1.82) is 0 Å². The average Bonchev–Trinajstić information content (AvgIpc) is 3.43. The van der Waals surface area contributed by atoms with Gasteiger partial charge in [0, 0.05) is 5.56 Å². The number of benzene rings is 3. The van der Waals surface area contributed by atoms with Crippen LogP contribution in [-0.2, 0) is 6.61 Å². The van der Waals surface area contributed by atoms with E-state index in [1.54, 1.807) is 45.6 Å². The number of aromatic nitrogens is 2. The minimum Gasteiger partial charge on any atom is -0.493 e. The first kappa shape index (κ1) is 24.3. The lowest BCUT2D eigenvalue weighted by Gasteiger charge is -2.11. The van der Waals surface area contributed by atoms with Crippen molar-refractivity contribution in [3.05, 3.63) is 89.6 Å². The van der Waals surface area contributed by atoms with E-state index in [-0.39, 0.29) is 5.69 Å². The molecule has 4 rings (SSSR count). The molecule has 9 heteroatoms. The summed E-state index contributed by atoms with van der Waals surface area (Å²) in [6.07, 6.45) is 1.51. The van der Waals surface area contributed by atoms with Crippen LogP contribution in [0.25, 0.3) is 11.3 Å². The number of methoxy groups -OCH3 is 3. The molecule has 1 amide bonds. The Kier molecular flexibility index (Phi) is 7.82. The molecule has 0 aliphatic rings. The predicted molar refractivity (Wildman–Crippen MR) is 136 cm³/mol. The number of amides is 1. The maximum absolute atomic E-state index is 12.5. The molecular weight excluding hydrogens is 460 g/mol. The number of hydrogen-bond acceptors (Lipinski definition) is 7. The van der Waals surface area contributed by atoms with E-state index in [2.05, 4.69) is 20.7 Å². The van der Waals surface area contributed by atoms with Gasteiger partial charge in [-0.2, -0.15) is 10.2 Å². The quantitative estimate of drug-likeness (QED) is 0.253. The summed E-state index contributed by atoms with van der Waals surface area (Å²) in [6.45, 7) is 0.424. The molecule has 1 heterocycles. The van der Waals surface area contributed by atoms with Crippen LogP contribution in [0.4, 0.5) is 0 Å². The predicted octanol–water partition coefficient (Wildman–Crippen LogP) is 4.45. The first-order valence-corrected chi connectivity index (χ1v) is 11.1. The highest BCUT2D eigenvalue weighted by atomic mass is 16.5. The van der Waals surface area contributed by atoms with Crippen molar-refractivity contribution in [2.45, 2.75) is 6.61 Å². The zero-order chi connectivity index (χ0) is 25.3. The minimum absolute atomic E-state index is 0.262. The van der Waals surface area contributed by atoms with Gasteiger partial charge in [-0.3, -0.25) is 9.89 Å². The Morgan fingerprint density at radius 2 is 1.61 bits per heavy atom. The third-order valence-corrected chi connectivity index (χ3v) is 5.31. The molecule has 9 nitrogen and oxygen atoms in total. The average molecular weight is 487 g/mol. The standard InChI is InChI=1S/C27H26N4O5/c1-33-23-11-9-19(13-25(23)34-2)16-28-31-27(32)22-15-21(29-30-22)20-10-12-24(26(14-20)35-3)36-17-18-7-5-4-6-8-18/h4-16H,17H2,1-3H3,(H,29,30)(H,31,32). The van der Waals surface area contributed by atoms with Gasteiger partial charge in [-0.25, -0.2) is 5.43 Å². The first-order valence-electron chi connectivity index (χ1n) is 11.1. The van der Waals surface area contributed by atoms with Crippen molar-refractivity contribution in [2.24, 2.45) is 5.10 Å². The number of nitrogens with one attached hydrogen (secondary N) is 2. The number of ether oxygens (including phenoxy) is 4. The molecule has 0 saturated heterocycles. The normalized spacial score (nSPS) is 10.8. The first-order chi connectivity index (χ1) is 17.6. The summed E-state index contributed by atoms with van der Waals surface area (Å²) in [5.41, 5.74) is 5.89. The lowest BCUT2D eigenvalue weighted by atomic mass is 10.1. The van der Waals surface area contributed by atoms with Crippen molar-refractivity contribution in [1.82, 2.24) is 15.6 Å². The Bertz CT molecular complexity index is 1350. The van der Waals surface area contributed by atoms with Gasteiger partial charge in [0.05, 0.1) is 33.2 Å². The third kappa shape index (κ3) is 5.82. The van der Waals surface area contributed by atoms with Gasteiger partial charge in [0.25, 0.3) is 5.91 Å². The van der Waals surface area contributed by atoms with Gasteiger partial charge < -0.3 is 18.9 Å². The van der Waals surface area contributed by atoms with Crippen LogP contribution >= 0.6 is 0 Å². The van der Waals surface area contributed by atoms with Crippen LogP contribution < -0.4 is 24.4 Å². The fourth-order valence-corrected chi connectivity index (χ4v) is 3.43. The molecule has 0 radical (unpaired) electrons. The van der Waals surface area contributed by atoms with Crippen LogP contribution in [0, 0.1) is 0 Å². The molecule has 0 aliphatic carbocycles. The van der Waals surface area contributed by atoms with Crippen LogP contribution in [0.3, 0.4) is 0 Å². The van der Waals surface area contributed by atoms with Crippen LogP contribution in [-0.4, -0.2) is 43.6 Å². The summed E-state index contributed by atoms with van der Waals surface area (Å²) in [7, 11) is 4.69. The topological polar surface area (TPSA) is 107 Å². The zero-order valence-corrected chi connectivity index (χ0v) is 20.1. The fourth-order valence-electron chi connectivity index (χ4n) is 3.43. The summed E-state index contributed by atoms with van der Waals surface area (Å²) in [5.74, 6) is 1.93. The van der Waals surface area contributed by atoms with Gasteiger partial charge in [-0.1, -0.05) is 30.3 Å². The van der Waals surface area contributed by atoms with E-state index >= 15 is 0 Å². The van der Waals surface area contributed by atoms with Crippen molar-refractivity contribution >= 4 is 12.1 Å². The number of carbonyl (C=O) groups excluding carboxylic acids is 1. The van der Waals surface area contributed by atoms with E-state index in [0.717, 1.165) is 16.7 Å². The van der Waals surface area contributed by atoms with Crippen molar-refractivity contribution < 1.29 is 23.7 Å². The van der Waals surface area contributed by atoms with E-state index in [1.165, 1.54) is 6.21 Å². The number of aromatic amines is 1. The summed E-state index contributed by atoms with van der Waals surface area (Å²) in [6, 6.07) is 22.3. The van der Waals surface area contributed by atoms with Crippen molar-refractivity contribution in [2.75, 3.05) is 21.3 Å². The Balaban J connectivity index is 1.40. The Morgan fingerprint density at radius 1 is 0.889 bits per heavy atom. The number of rotatable bonds is 10. The van der Waals surface area contributed by atoms with Gasteiger partial charge in [-0.15, -0.1) is 0 Å². The highest BCUT2D eigenvalue weighted by Crippen LogP contribution is 2.32. The van der Waals surface area contributed by atoms with Crippen LogP contribution in [0.5, 0.6) is 23.0 Å². The van der Waals surface area contributed by atoms with Gasteiger partial charge in [0.2, 0.25) is 0 Å². The molecule has 1 aromatic heterocycles. The second-order valence-corrected chi connectivity index (χ2v) is 7.62. The summed E-state index contributed by atoms with van der Waals surface area (Å²) >= 11 is 0. The van der Waals surface area contributed by atoms with Crippen molar-refractivity contribution in [3.8, 4) is 34.3 Å². The Labute approximate surface area is 208 Å². The Morgan fingerprint density at radius 3 is 2.36 bits per heavy atom. The van der Waals surface area contributed by atoms with Crippen LogP contribution in [0.15, 0.2) is 77.9 Å². The van der Waals surface area contributed by atoms with Crippen molar-refractivity contribution in [3.63, 3.8) is 0 Å². The summed E-state index contributed by atoms with van der Waals surface area (Å²) in [5, 5.41) is 11.0. The highest BCUT2D eigenvalue weighted by Gasteiger charge is 2.13. The molecule has 2 N–H and O–H groups in total. The lowest BCUT2D eigenvalue weighted by Crippen LogP contribution is -2.18. The zero-order valence-electron chi connectivity index (χ0n) is 20.1. The molecule has 0 unspecified atom stereocenters. The molecule has 3 aromatic carbocycles. The lowest BCUT2D eigenvalue weighted by molar-refractivity contribution is 0.0950. The maximum Gasteiger partial charge on any atom is 0.289 e. The van der Waals surface area contributed by atoms with Crippen LogP contribution in [0.2, 0.25) is 0 Å². The SMILES string of the molecule is COc1ccc(C=NNC(=O)c2cc(-c3ccc(OCc4ccccc4)c(OC)c3)n[nH]2)cc1OC. The molecular formula is C27H26N4O5. The Hall–Kier alpha value is -4.79. The molecule has 0 atom stereocenters. The van der Waals surface area contributed by atoms with Gasteiger partial charge in [-0.05, 0) is 53.6 Å². The van der Waals surface area contributed by atoms with Gasteiger partial charge in [0.15, 0.2) is 23.0 Å². The summed E-state index contributed by atoms with van der Waals surface area (Å²) in [4.78, 5) is 12.5. The number of H-pyrrole nitrogens is 1. The van der Waals surface area contributed by atoms with E-state index in [1.807, 2.05) is 48.5 Å². The second-order valence-electron chi connectivity index (χ2n) is 7.62. The maximum atomic E-state index is 12.5. The monoisotopic (exact) mass is 486 g/mol. The number of carbonyl (C=O) groups is 1. The molecule has 0 aliphatic heterocycles. The van der Waals surface area contributed by atoms with Gasteiger partial charge in [0.1, 0.15) is 12.3 Å². The molecule has 0 fully saturated rings. The molecule has 0 spiro atoms. The largest absolute Gasteiger partial charge is 0.493 e. The van der Waals surface area contributed by atoms with E-state index in [0.29, 0.717) is 35.3 Å². The smallest absolute Gasteiger partial charge is 0.289 e. The van der Waals surface area contributed by atoms with E-state index in [9.17, 15) is 4.79 Å². The molecule has 36 heavy (non-hydrogen) atoms. The highest BCUT2D eigenvalue weighted by molar-refractivity contribution is 5.94. The van der Waals surface area contributed by atoms with Crippen LogP contribution in [0.1, 0.15) is 21.6 Å². The second kappa shape index (κ2) is 11.6. The third-order valence-electron chi connectivity index (χ3n) is 5.31. The summed E-state index contributed by atoms with van der Waals surface area (Å²) < 4.78 is 21.9. The molecule has 184 valence electrons. The number of hydrogen-bond donors (Lipinski definition) is 2. The minimum atomic E-state index is -0.430. The van der Waals surface area contributed by atoms with E-state index < -0.39 is 5.91 Å². The fraction of sp³-hybridized carbons (Fsp3) is 0.148. The molecule has 4 aromatic rings. The number of hydrazone groups is 1. The molecule has 0 bridgehead atoms. The van der Waals surface area contributed by atoms with Gasteiger partial charge >= 0.3 is 0 Å². The van der Waals surface area contributed by atoms with E-state index in [4.69, 9.17) is 18.9 Å². The molecule has 0 saturated carbocycles.